The number of aromatic nitrogens is 6. The van der Waals surface area contributed by atoms with Crippen LogP contribution >= 0.6 is 0 Å². The zero-order valence-electron chi connectivity index (χ0n) is 17.9. The molecule has 1 aromatic carbocycles. The van der Waals surface area contributed by atoms with E-state index in [1.807, 2.05) is 10.9 Å². The molecular formula is C21H24N8O2S. The van der Waals surface area contributed by atoms with E-state index in [0.29, 0.717) is 34.3 Å². The maximum absolute atomic E-state index is 12.3. The van der Waals surface area contributed by atoms with Gasteiger partial charge in [-0.1, -0.05) is 12.1 Å². The number of likely N-dealkylation sites (tertiary alicyclic amines) is 1. The van der Waals surface area contributed by atoms with Crippen LogP contribution in [0.2, 0.25) is 0 Å². The number of rotatable bonds is 5. The van der Waals surface area contributed by atoms with Crippen molar-refractivity contribution in [1.29, 1.82) is 0 Å². The molecule has 1 aliphatic heterocycles. The molecule has 3 aromatic heterocycles. The van der Waals surface area contributed by atoms with Crippen LogP contribution in [0.5, 0.6) is 0 Å². The van der Waals surface area contributed by atoms with Crippen molar-refractivity contribution < 1.29 is 8.42 Å². The Kier molecular flexibility index (Phi) is 5.14. The van der Waals surface area contributed by atoms with Gasteiger partial charge in [0.15, 0.2) is 21.5 Å². The highest BCUT2D eigenvalue weighted by atomic mass is 32.2. The monoisotopic (exact) mass is 452 g/mol. The first-order valence-corrected chi connectivity index (χ1v) is 12.3. The Morgan fingerprint density at radius 3 is 2.69 bits per heavy atom. The molecule has 4 aromatic rings. The third-order valence-corrected chi connectivity index (χ3v) is 6.91. The summed E-state index contributed by atoms with van der Waals surface area (Å²) in [4.78, 5) is 11.7. The molecule has 0 bridgehead atoms. The second-order valence-corrected chi connectivity index (χ2v) is 10.1. The van der Waals surface area contributed by atoms with Gasteiger partial charge in [-0.15, -0.1) is 0 Å². The summed E-state index contributed by atoms with van der Waals surface area (Å²) in [6, 6.07) is 7.10. The number of H-pyrrole nitrogens is 1. The van der Waals surface area contributed by atoms with E-state index < -0.39 is 9.84 Å². The second-order valence-electron chi connectivity index (χ2n) is 8.16. The van der Waals surface area contributed by atoms with Gasteiger partial charge >= 0.3 is 0 Å². The largest absolute Gasteiger partial charge is 0.336 e. The number of nitrogens with one attached hydrogen (secondary N) is 2. The number of fused-ring (bicyclic) bond motifs is 1. The smallest absolute Gasteiger partial charge is 0.176 e. The Morgan fingerprint density at radius 2 is 1.91 bits per heavy atom. The van der Waals surface area contributed by atoms with E-state index in [1.54, 1.807) is 36.7 Å². The van der Waals surface area contributed by atoms with Crippen LogP contribution in [0.3, 0.4) is 0 Å². The number of hydrogen-bond donors (Lipinski definition) is 2. The van der Waals surface area contributed by atoms with Crippen molar-refractivity contribution in [2.45, 2.75) is 23.8 Å². The van der Waals surface area contributed by atoms with Gasteiger partial charge in [-0.2, -0.15) is 10.2 Å². The molecule has 1 fully saturated rings. The van der Waals surface area contributed by atoms with E-state index in [-0.39, 0.29) is 4.90 Å². The van der Waals surface area contributed by atoms with Crippen LogP contribution in [0.1, 0.15) is 18.9 Å². The highest BCUT2D eigenvalue weighted by Crippen LogP contribution is 2.30. The van der Waals surface area contributed by atoms with Crippen LogP contribution in [0, 0.1) is 0 Å². The molecule has 0 spiro atoms. The molecule has 2 N–H and O–H groups in total. The first kappa shape index (κ1) is 20.6. The third kappa shape index (κ3) is 3.96. The number of piperidine rings is 1. The van der Waals surface area contributed by atoms with Gasteiger partial charge in [-0.05, 0) is 45.1 Å². The van der Waals surface area contributed by atoms with Gasteiger partial charge in [-0.3, -0.25) is 9.78 Å². The van der Waals surface area contributed by atoms with E-state index in [2.05, 4.69) is 42.5 Å². The minimum absolute atomic E-state index is 0.184. The molecule has 10 nitrogen and oxygen atoms in total. The molecule has 0 saturated carbocycles. The minimum atomic E-state index is -3.45. The lowest BCUT2D eigenvalue weighted by molar-refractivity contribution is 0.212. The van der Waals surface area contributed by atoms with Crippen LogP contribution in [-0.2, 0) is 9.84 Å². The lowest BCUT2D eigenvalue weighted by Gasteiger charge is -2.28. The van der Waals surface area contributed by atoms with Gasteiger partial charge in [0, 0.05) is 18.0 Å². The first-order valence-electron chi connectivity index (χ1n) is 10.4. The van der Waals surface area contributed by atoms with Gasteiger partial charge in [0.1, 0.15) is 11.0 Å². The van der Waals surface area contributed by atoms with Gasteiger partial charge in [0.25, 0.3) is 0 Å². The van der Waals surface area contributed by atoms with Crippen molar-refractivity contribution in [2.75, 3.05) is 31.7 Å². The van der Waals surface area contributed by atoms with Crippen molar-refractivity contribution in [2.24, 2.45) is 0 Å². The van der Waals surface area contributed by atoms with Gasteiger partial charge < -0.3 is 10.2 Å². The lowest BCUT2D eigenvalue weighted by atomic mass is 10.1. The van der Waals surface area contributed by atoms with Crippen LogP contribution in [0.15, 0.2) is 47.8 Å². The predicted molar refractivity (Wildman–Crippen MR) is 122 cm³/mol. The normalized spacial score (nSPS) is 15.9. The fourth-order valence-electron chi connectivity index (χ4n) is 4.02. The topological polar surface area (TPSA) is 122 Å². The summed E-state index contributed by atoms with van der Waals surface area (Å²) in [7, 11) is -1.31. The number of hydrogen-bond acceptors (Lipinski definition) is 8. The SMILES string of the molecule is CN1CCC(n2cc(Nc3nc(-c4ccccc4S(C)(=O)=O)nc4cn[nH]c34)cn2)CC1. The molecule has 0 aliphatic carbocycles. The summed E-state index contributed by atoms with van der Waals surface area (Å²) in [6.45, 7) is 2.11. The number of anilines is 2. The maximum atomic E-state index is 12.3. The quantitative estimate of drug-likeness (QED) is 0.474. The Hall–Kier alpha value is -3.31. The van der Waals surface area contributed by atoms with E-state index in [4.69, 9.17) is 0 Å². The van der Waals surface area contributed by atoms with Crippen LogP contribution < -0.4 is 5.32 Å². The molecule has 1 aliphatic rings. The molecule has 0 amide bonds. The van der Waals surface area contributed by atoms with E-state index in [0.717, 1.165) is 31.6 Å². The summed E-state index contributed by atoms with van der Waals surface area (Å²) in [6.07, 6.45) is 8.64. The zero-order valence-corrected chi connectivity index (χ0v) is 18.7. The number of benzene rings is 1. The molecule has 5 rings (SSSR count). The number of sulfone groups is 1. The minimum Gasteiger partial charge on any atom is -0.336 e. The number of nitrogens with zero attached hydrogens (tertiary/aromatic N) is 6. The molecule has 0 atom stereocenters. The summed E-state index contributed by atoms with van der Waals surface area (Å²) in [5, 5.41) is 14.8. The lowest BCUT2D eigenvalue weighted by Crippen LogP contribution is -2.31. The second kappa shape index (κ2) is 7.99. The average molecular weight is 453 g/mol. The fourth-order valence-corrected chi connectivity index (χ4v) is 4.91. The molecule has 0 unspecified atom stereocenters. The van der Waals surface area contributed by atoms with Crippen molar-refractivity contribution in [3.63, 3.8) is 0 Å². The Bertz CT molecular complexity index is 1370. The zero-order chi connectivity index (χ0) is 22.3. The average Bonchev–Trinajstić information content (AvgIpc) is 3.43. The summed E-state index contributed by atoms with van der Waals surface area (Å²) in [5.74, 6) is 0.818. The van der Waals surface area contributed by atoms with Crippen LogP contribution in [-0.4, -0.2) is 69.7 Å². The Morgan fingerprint density at radius 1 is 1.12 bits per heavy atom. The van der Waals surface area contributed by atoms with Crippen LogP contribution in [0.25, 0.3) is 22.4 Å². The standard InChI is InChI=1S/C21H24N8O2S/c1-28-9-7-15(8-10-28)29-13-14(11-23-29)24-21-19-17(12-22-27-19)25-20(26-21)16-5-3-4-6-18(16)32(2,30)31/h3-6,11-13,15H,7-10H2,1-2H3,(H,22,27)(H,24,25,26). The fraction of sp³-hybridized carbons (Fsp3) is 0.333. The molecular weight excluding hydrogens is 428 g/mol. The summed E-state index contributed by atoms with van der Waals surface area (Å²) in [5.41, 5.74) is 2.46. The molecule has 1 saturated heterocycles. The molecule has 0 radical (unpaired) electrons. The van der Waals surface area contributed by atoms with Crippen molar-refractivity contribution in [3.8, 4) is 11.4 Å². The summed E-state index contributed by atoms with van der Waals surface area (Å²) < 4.78 is 26.6. The van der Waals surface area contributed by atoms with Crippen molar-refractivity contribution >= 4 is 32.4 Å². The molecule has 166 valence electrons. The van der Waals surface area contributed by atoms with E-state index in [1.165, 1.54) is 6.26 Å². The van der Waals surface area contributed by atoms with E-state index >= 15 is 0 Å². The molecule has 11 heteroatoms. The molecule has 4 heterocycles. The van der Waals surface area contributed by atoms with Crippen LogP contribution in [0.4, 0.5) is 11.5 Å². The van der Waals surface area contributed by atoms with Gasteiger partial charge in [-0.25, -0.2) is 18.4 Å². The highest BCUT2D eigenvalue weighted by Gasteiger charge is 2.21. The Balaban J connectivity index is 1.51. The van der Waals surface area contributed by atoms with E-state index in [9.17, 15) is 8.42 Å². The molecule has 32 heavy (non-hydrogen) atoms. The first-order chi connectivity index (χ1) is 15.4. The van der Waals surface area contributed by atoms with Gasteiger partial charge in [0.2, 0.25) is 0 Å². The van der Waals surface area contributed by atoms with Crippen molar-refractivity contribution in [1.82, 2.24) is 34.8 Å². The Labute approximate surface area is 185 Å². The number of aromatic amines is 1. The summed E-state index contributed by atoms with van der Waals surface area (Å²) >= 11 is 0. The predicted octanol–water partition coefficient (Wildman–Crippen LogP) is 2.63. The van der Waals surface area contributed by atoms with Crippen molar-refractivity contribution in [3.05, 3.63) is 42.9 Å². The maximum Gasteiger partial charge on any atom is 0.176 e. The highest BCUT2D eigenvalue weighted by molar-refractivity contribution is 7.90. The third-order valence-electron chi connectivity index (χ3n) is 5.75. The van der Waals surface area contributed by atoms with Gasteiger partial charge in [0.05, 0.1) is 29.0 Å².